The van der Waals surface area contributed by atoms with Gasteiger partial charge in [0.05, 0.1) is 36.7 Å². The molecule has 2 aromatic rings. The van der Waals surface area contributed by atoms with Gasteiger partial charge in [-0.2, -0.15) is 0 Å². The van der Waals surface area contributed by atoms with Crippen molar-refractivity contribution in [3.63, 3.8) is 0 Å². The number of pyridine rings is 1. The van der Waals surface area contributed by atoms with Crippen molar-refractivity contribution in [3.8, 4) is 11.1 Å². The number of aromatic nitrogens is 1. The van der Waals surface area contributed by atoms with Crippen LogP contribution in [0.5, 0.6) is 0 Å². The van der Waals surface area contributed by atoms with Crippen LogP contribution in [0.25, 0.3) is 21.6 Å². The monoisotopic (exact) mass is 340 g/mol. The minimum atomic E-state index is -0.607. The summed E-state index contributed by atoms with van der Waals surface area (Å²) < 4.78 is 9.70. The highest BCUT2D eigenvalue weighted by molar-refractivity contribution is 6.07. The van der Waals surface area contributed by atoms with Crippen LogP contribution < -0.4 is 0 Å². The molecule has 0 N–H and O–H groups in total. The first-order chi connectivity index (χ1) is 11.9. The third-order valence-corrected chi connectivity index (χ3v) is 3.65. The molecule has 1 aromatic heterocycles. The number of hydrogen-bond donors (Lipinski definition) is 0. The standard InChI is InChI=1S/C17H16N4O4/c1-9-13(16(22)24-3)15(14(10(2)19-9)17(23)25-4)11-5-7-12(8-6-11)20-21-18/h5-8H,1-4H3. The van der Waals surface area contributed by atoms with E-state index in [4.69, 9.17) is 15.0 Å². The molecule has 0 aliphatic rings. The molecule has 0 bridgehead atoms. The first-order valence-corrected chi connectivity index (χ1v) is 7.28. The highest BCUT2D eigenvalue weighted by Crippen LogP contribution is 2.33. The summed E-state index contributed by atoms with van der Waals surface area (Å²) in [6.07, 6.45) is 0. The van der Waals surface area contributed by atoms with Gasteiger partial charge < -0.3 is 9.47 Å². The summed E-state index contributed by atoms with van der Waals surface area (Å²) in [6, 6.07) is 6.47. The Morgan fingerprint density at radius 1 is 1.00 bits per heavy atom. The fraction of sp³-hybridized carbons (Fsp3) is 0.235. The van der Waals surface area contributed by atoms with Gasteiger partial charge in [0.15, 0.2) is 0 Å². The molecule has 0 radical (unpaired) electrons. The largest absolute Gasteiger partial charge is 0.465 e. The van der Waals surface area contributed by atoms with Crippen LogP contribution in [0.1, 0.15) is 32.1 Å². The van der Waals surface area contributed by atoms with Crippen LogP contribution in [0.3, 0.4) is 0 Å². The maximum absolute atomic E-state index is 12.3. The summed E-state index contributed by atoms with van der Waals surface area (Å²) in [7, 11) is 2.52. The van der Waals surface area contributed by atoms with Crippen LogP contribution in [-0.4, -0.2) is 31.1 Å². The molecule has 128 valence electrons. The van der Waals surface area contributed by atoms with Crippen molar-refractivity contribution < 1.29 is 19.1 Å². The summed E-state index contributed by atoms with van der Waals surface area (Å²) in [5, 5.41) is 3.51. The zero-order valence-corrected chi connectivity index (χ0v) is 14.2. The number of aryl methyl sites for hydroxylation is 2. The average Bonchev–Trinajstić information content (AvgIpc) is 2.61. The van der Waals surface area contributed by atoms with Crippen LogP contribution in [-0.2, 0) is 9.47 Å². The van der Waals surface area contributed by atoms with Crippen LogP contribution in [0.15, 0.2) is 29.4 Å². The SMILES string of the molecule is COC(=O)c1c(C)nc(C)c(C(=O)OC)c1-c1ccc(N=[N+]=[N-])cc1. The fourth-order valence-electron chi connectivity index (χ4n) is 2.59. The number of benzene rings is 1. The van der Waals surface area contributed by atoms with Crippen LogP contribution >= 0.6 is 0 Å². The smallest absolute Gasteiger partial charge is 0.340 e. The number of azide groups is 1. The van der Waals surface area contributed by atoms with E-state index >= 15 is 0 Å². The van der Waals surface area contributed by atoms with Gasteiger partial charge in [-0.1, -0.05) is 29.4 Å². The second-order valence-electron chi connectivity index (χ2n) is 5.13. The number of carbonyl (C=O) groups is 2. The number of methoxy groups -OCH3 is 2. The molecule has 0 atom stereocenters. The molecule has 1 aromatic carbocycles. The van der Waals surface area contributed by atoms with Crippen molar-refractivity contribution in [2.75, 3.05) is 14.2 Å². The van der Waals surface area contributed by atoms with E-state index in [2.05, 4.69) is 15.0 Å². The van der Waals surface area contributed by atoms with E-state index < -0.39 is 11.9 Å². The second kappa shape index (κ2) is 7.46. The van der Waals surface area contributed by atoms with Crippen LogP contribution in [0.2, 0.25) is 0 Å². The van der Waals surface area contributed by atoms with Gasteiger partial charge in [-0.3, -0.25) is 4.98 Å². The molecule has 0 aliphatic heterocycles. The molecular weight excluding hydrogens is 324 g/mol. The van der Waals surface area contributed by atoms with Gasteiger partial charge in [0.1, 0.15) is 0 Å². The molecule has 0 unspecified atom stereocenters. The summed E-state index contributed by atoms with van der Waals surface area (Å²) in [4.78, 5) is 31.6. The molecule has 25 heavy (non-hydrogen) atoms. The van der Waals surface area contributed by atoms with E-state index in [0.29, 0.717) is 28.2 Å². The number of nitrogens with zero attached hydrogens (tertiary/aromatic N) is 4. The summed E-state index contributed by atoms with van der Waals surface area (Å²) in [5.74, 6) is -1.21. The Bertz CT molecular complexity index is 844. The minimum Gasteiger partial charge on any atom is -0.465 e. The van der Waals surface area contributed by atoms with E-state index in [0.717, 1.165) is 0 Å². The molecule has 0 saturated carbocycles. The van der Waals surface area contributed by atoms with Crippen molar-refractivity contribution in [1.82, 2.24) is 4.98 Å². The van der Waals surface area contributed by atoms with Gasteiger partial charge in [0.2, 0.25) is 0 Å². The van der Waals surface area contributed by atoms with Crippen LogP contribution in [0, 0.1) is 13.8 Å². The van der Waals surface area contributed by atoms with Crippen molar-refractivity contribution in [1.29, 1.82) is 0 Å². The zero-order valence-electron chi connectivity index (χ0n) is 14.2. The van der Waals surface area contributed by atoms with Gasteiger partial charge in [0.25, 0.3) is 0 Å². The number of esters is 2. The van der Waals surface area contributed by atoms with Crippen molar-refractivity contribution >= 4 is 17.6 Å². The summed E-state index contributed by atoms with van der Waals surface area (Å²) in [6.45, 7) is 3.33. The van der Waals surface area contributed by atoms with Gasteiger partial charge >= 0.3 is 11.9 Å². The van der Waals surface area contributed by atoms with Gasteiger partial charge in [-0.25, -0.2) is 9.59 Å². The number of ether oxygens (including phenoxy) is 2. The zero-order chi connectivity index (χ0) is 18.6. The summed E-state index contributed by atoms with van der Waals surface area (Å²) >= 11 is 0. The topological polar surface area (TPSA) is 114 Å². The van der Waals surface area contributed by atoms with E-state index in [-0.39, 0.29) is 11.1 Å². The third kappa shape index (κ3) is 3.44. The highest BCUT2D eigenvalue weighted by atomic mass is 16.5. The van der Waals surface area contributed by atoms with Crippen molar-refractivity contribution in [2.45, 2.75) is 13.8 Å². The second-order valence-corrected chi connectivity index (χ2v) is 5.13. The normalized spacial score (nSPS) is 9.92. The lowest BCUT2D eigenvalue weighted by Gasteiger charge is -2.17. The lowest BCUT2D eigenvalue weighted by atomic mass is 9.92. The fourth-order valence-corrected chi connectivity index (χ4v) is 2.59. The Morgan fingerprint density at radius 2 is 1.48 bits per heavy atom. The van der Waals surface area contributed by atoms with E-state index in [1.165, 1.54) is 14.2 Å². The Balaban J connectivity index is 2.85. The molecule has 8 heteroatoms. The Hall–Kier alpha value is -3.38. The Kier molecular flexibility index (Phi) is 5.36. The predicted molar refractivity (Wildman–Crippen MR) is 90.6 cm³/mol. The highest BCUT2D eigenvalue weighted by Gasteiger charge is 2.27. The third-order valence-electron chi connectivity index (χ3n) is 3.65. The molecule has 1 heterocycles. The van der Waals surface area contributed by atoms with E-state index in [1.807, 2.05) is 0 Å². The molecule has 0 saturated heterocycles. The molecule has 0 amide bonds. The maximum Gasteiger partial charge on any atom is 0.340 e. The molecule has 2 rings (SSSR count). The number of carbonyl (C=O) groups excluding carboxylic acids is 2. The Labute approximate surface area is 144 Å². The average molecular weight is 340 g/mol. The molecule has 0 fully saturated rings. The van der Waals surface area contributed by atoms with Crippen molar-refractivity contribution in [2.24, 2.45) is 5.11 Å². The lowest BCUT2D eigenvalue weighted by molar-refractivity contribution is 0.0599. The molecule has 0 spiro atoms. The molecular formula is C17H16N4O4. The lowest BCUT2D eigenvalue weighted by Crippen LogP contribution is -2.16. The Morgan fingerprint density at radius 3 is 1.88 bits per heavy atom. The van der Waals surface area contributed by atoms with E-state index in [1.54, 1.807) is 38.1 Å². The van der Waals surface area contributed by atoms with E-state index in [9.17, 15) is 9.59 Å². The first kappa shape index (κ1) is 18.0. The minimum absolute atomic E-state index is 0.185. The number of rotatable bonds is 4. The van der Waals surface area contributed by atoms with Gasteiger partial charge in [-0.15, -0.1) is 0 Å². The summed E-state index contributed by atoms with van der Waals surface area (Å²) in [5.41, 5.74) is 11.1. The predicted octanol–water partition coefficient (Wildman–Crippen LogP) is 3.88. The van der Waals surface area contributed by atoms with Gasteiger partial charge in [0, 0.05) is 16.2 Å². The molecule has 8 nitrogen and oxygen atoms in total. The quantitative estimate of drug-likeness (QED) is 0.362. The number of hydrogen-bond acceptors (Lipinski definition) is 6. The molecule has 0 aliphatic carbocycles. The first-order valence-electron chi connectivity index (χ1n) is 7.28. The van der Waals surface area contributed by atoms with Crippen molar-refractivity contribution in [3.05, 3.63) is 57.2 Å². The van der Waals surface area contributed by atoms with Crippen LogP contribution in [0.4, 0.5) is 5.69 Å². The maximum atomic E-state index is 12.3. The van der Waals surface area contributed by atoms with Gasteiger partial charge in [-0.05, 0) is 24.9 Å².